The molecule has 5 nitrogen and oxygen atoms in total. The number of hydrogen-bond acceptors (Lipinski definition) is 4. The first kappa shape index (κ1) is 23.5. The summed E-state index contributed by atoms with van der Waals surface area (Å²) in [6, 6.07) is 4.86. The van der Waals surface area contributed by atoms with Crippen LogP contribution in [0.1, 0.15) is 46.0 Å². The minimum absolute atomic E-state index is 0. The molecule has 1 saturated heterocycles. The van der Waals surface area contributed by atoms with E-state index < -0.39 is 0 Å². The van der Waals surface area contributed by atoms with Crippen LogP contribution in [0.2, 0.25) is 0 Å². The number of rotatable bonds is 10. The number of halogens is 1. The Hall–Kier alpha value is -0.540. The summed E-state index contributed by atoms with van der Waals surface area (Å²) in [5.41, 5.74) is 0. The van der Waals surface area contributed by atoms with Gasteiger partial charge in [0.25, 0.3) is 0 Å². The zero-order valence-corrected chi connectivity index (χ0v) is 19.4. The maximum atomic E-state index is 5.60. The van der Waals surface area contributed by atoms with Gasteiger partial charge in [-0.05, 0) is 50.1 Å². The summed E-state index contributed by atoms with van der Waals surface area (Å²) in [7, 11) is 0. The molecule has 0 aromatic carbocycles. The van der Waals surface area contributed by atoms with Gasteiger partial charge in [0.15, 0.2) is 5.96 Å². The molecule has 0 saturated carbocycles. The lowest BCUT2D eigenvalue weighted by Crippen LogP contribution is -2.48. The number of unbranched alkanes of at least 4 members (excludes halogenated alkanes) is 1. The van der Waals surface area contributed by atoms with Crippen LogP contribution >= 0.6 is 35.3 Å². The van der Waals surface area contributed by atoms with E-state index in [4.69, 9.17) is 9.73 Å². The van der Waals surface area contributed by atoms with E-state index >= 15 is 0 Å². The molecule has 1 aromatic rings. The number of nitrogens with one attached hydrogen (secondary N) is 2. The van der Waals surface area contributed by atoms with Crippen molar-refractivity contribution in [3.05, 3.63) is 17.5 Å². The van der Waals surface area contributed by atoms with Crippen molar-refractivity contribution < 1.29 is 4.74 Å². The number of ether oxygens (including phenoxy) is 1. The molecule has 7 heteroatoms. The van der Waals surface area contributed by atoms with E-state index in [1.165, 1.54) is 11.4 Å². The lowest BCUT2D eigenvalue weighted by Gasteiger charge is -2.33. The summed E-state index contributed by atoms with van der Waals surface area (Å²) in [6.45, 7) is 9.93. The minimum atomic E-state index is 0. The van der Waals surface area contributed by atoms with E-state index in [0.717, 1.165) is 71.0 Å². The van der Waals surface area contributed by atoms with Crippen molar-refractivity contribution in [2.24, 2.45) is 4.99 Å². The molecule has 1 aromatic heterocycles. The summed E-state index contributed by atoms with van der Waals surface area (Å²) >= 11 is 1.83. The van der Waals surface area contributed by atoms with Crippen molar-refractivity contribution in [1.29, 1.82) is 0 Å². The Morgan fingerprint density at radius 1 is 1.27 bits per heavy atom. The summed E-state index contributed by atoms with van der Waals surface area (Å²) in [5.74, 6) is 0.950. The Morgan fingerprint density at radius 3 is 2.69 bits per heavy atom. The Kier molecular flexibility index (Phi) is 13.1. The number of guanidine groups is 1. The van der Waals surface area contributed by atoms with Gasteiger partial charge in [-0.25, -0.2) is 0 Å². The standard InChI is InChI=1S/C19H34N4OS.HI/c1-3-5-14-24-15-7-11-21-19(20-4-2)22-17-9-12-23(13-10-17)18-8-6-16-25-18;/h6,8,16-17H,3-5,7,9-15H2,1-2H3,(H2,20,21,22);1H. The highest BCUT2D eigenvalue weighted by Gasteiger charge is 2.20. The van der Waals surface area contributed by atoms with Crippen LogP contribution in [0.3, 0.4) is 0 Å². The molecule has 2 N–H and O–H groups in total. The highest BCUT2D eigenvalue weighted by Crippen LogP contribution is 2.24. The molecule has 0 amide bonds. The minimum Gasteiger partial charge on any atom is -0.381 e. The highest BCUT2D eigenvalue weighted by atomic mass is 127. The predicted octanol–water partition coefficient (Wildman–Crippen LogP) is 4.10. The third kappa shape index (κ3) is 8.90. The summed E-state index contributed by atoms with van der Waals surface area (Å²) in [6.07, 6.45) is 5.64. The second-order valence-electron chi connectivity index (χ2n) is 6.44. The molecule has 1 fully saturated rings. The molecule has 0 aliphatic carbocycles. The average Bonchev–Trinajstić information content (AvgIpc) is 3.16. The van der Waals surface area contributed by atoms with Gasteiger partial charge in [-0.3, -0.25) is 4.99 Å². The number of piperidine rings is 1. The van der Waals surface area contributed by atoms with Gasteiger partial charge in [-0.1, -0.05) is 13.3 Å². The molecule has 2 rings (SSSR count). The molecule has 0 unspecified atom stereocenters. The monoisotopic (exact) mass is 494 g/mol. The average molecular weight is 494 g/mol. The normalized spacial score (nSPS) is 15.6. The molecule has 26 heavy (non-hydrogen) atoms. The van der Waals surface area contributed by atoms with Gasteiger partial charge in [0.2, 0.25) is 0 Å². The zero-order valence-electron chi connectivity index (χ0n) is 16.2. The van der Waals surface area contributed by atoms with Gasteiger partial charge >= 0.3 is 0 Å². The third-order valence-corrected chi connectivity index (χ3v) is 5.29. The topological polar surface area (TPSA) is 48.9 Å². The van der Waals surface area contributed by atoms with Crippen molar-refractivity contribution in [3.8, 4) is 0 Å². The van der Waals surface area contributed by atoms with Crippen LogP contribution in [0.15, 0.2) is 22.5 Å². The van der Waals surface area contributed by atoms with Crippen molar-refractivity contribution in [2.75, 3.05) is 44.3 Å². The van der Waals surface area contributed by atoms with Crippen molar-refractivity contribution >= 4 is 46.3 Å². The van der Waals surface area contributed by atoms with E-state index in [9.17, 15) is 0 Å². The van der Waals surface area contributed by atoms with Crippen molar-refractivity contribution in [2.45, 2.75) is 52.0 Å². The first-order chi connectivity index (χ1) is 12.3. The fourth-order valence-electron chi connectivity index (χ4n) is 2.91. The third-order valence-electron chi connectivity index (χ3n) is 4.36. The highest BCUT2D eigenvalue weighted by molar-refractivity contribution is 14.0. The molecular formula is C19H35IN4OS. The van der Waals surface area contributed by atoms with Crippen LogP contribution in [0, 0.1) is 0 Å². The Balaban J connectivity index is 0.00000338. The van der Waals surface area contributed by atoms with E-state index in [1.807, 2.05) is 11.3 Å². The zero-order chi connectivity index (χ0) is 17.7. The molecule has 0 bridgehead atoms. The van der Waals surface area contributed by atoms with Crippen molar-refractivity contribution in [1.82, 2.24) is 10.6 Å². The number of nitrogens with zero attached hydrogens (tertiary/aromatic N) is 2. The molecule has 0 radical (unpaired) electrons. The van der Waals surface area contributed by atoms with Crippen LogP contribution in [-0.2, 0) is 4.74 Å². The summed E-state index contributed by atoms with van der Waals surface area (Å²) in [4.78, 5) is 7.18. The first-order valence-corrected chi connectivity index (χ1v) is 10.6. The Bertz CT molecular complexity index is 476. The number of hydrogen-bond donors (Lipinski definition) is 2. The van der Waals surface area contributed by atoms with E-state index in [1.54, 1.807) is 0 Å². The maximum absolute atomic E-state index is 5.60. The fourth-order valence-corrected chi connectivity index (χ4v) is 3.70. The molecule has 0 atom stereocenters. The van der Waals surface area contributed by atoms with Crippen LogP contribution < -0.4 is 15.5 Å². The Morgan fingerprint density at radius 2 is 2.04 bits per heavy atom. The van der Waals surface area contributed by atoms with Crippen LogP contribution in [0.25, 0.3) is 0 Å². The van der Waals surface area contributed by atoms with Crippen LogP contribution in [0.5, 0.6) is 0 Å². The van der Waals surface area contributed by atoms with Gasteiger partial charge in [-0.2, -0.15) is 0 Å². The second kappa shape index (κ2) is 14.5. The molecule has 150 valence electrons. The quantitative estimate of drug-likeness (QED) is 0.223. The second-order valence-corrected chi connectivity index (χ2v) is 7.36. The van der Waals surface area contributed by atoms with Gasteiger partial charge in [0, 0.05) is 45.4 Å². The lowest BCUT2D eigenvalue weighted by molar-refractivity contribution is 0.130. The SMILES string of the molecule is CCCCOCCCN=C(NCC)NC1CCN(c2cccs2)CC1.I. The van der Waals surface area contributed by atoms with E-state index in [0.29, 0.717) is 6.04 Å². The van der Waals surface area contributed by atoms with E-state index in [2.05, 4.69) is 46.9 Å². The van der Waals surface area contributed by atoms with Crippen molar-refractivity contribution in [3.63, 3.8) is 0 Å². The number of anilines is 1. The lowest BCUT2D eigenvalue weighted by atomic mass is 10.1. The molecular weight excluding hydrogens is 459 g/mol. The van der Waals surface area contributed by atoms with Gasteiger partial charge < -0.3 is 20.3 Å². The maximum Gasteiger partial charge on any atom is 0.191 e. The van der Waals surface area contributed by atoms with Gasteiger partial charge in [-0.15, -0.1) is 35.3 Å². The van der Waals surface area contributed by atoms with Gasteiger partial charge in [0.05, 0.1) is 5.00 Å². The number of thiophene rings is 1. The number of aliphatic imine (C=N–C) groups is 1. The predicted molar refractivity (Wildman–Crippen MR) is 124 cm³/mol. The van der Waals surface area contributed by atoms with Gasteiger partial charge in [0.1, 0.15) is 0 Å². The molecule has 1 aliphatic rings. The van der Waals surface area contributed by atoms with E-state index in [-0.39, 0.29) is 24.0 Å². The Labute approximate surface area is 180 Å². The molecule has 0 spiro atoms. The fraction of sp³-hybridized carbons (Fsp3) is 0.737. The summed E-state index contributed by atoms with van der Waals surface area (Å²) < 4.78 is 5.60. The molecule has 1 aliphatic heterocycles. The molecule has 2 heterocycles. The smallest absolute Gasteiger partial charge is 0.191 e. The summed E-state index contributed by atoms with van der Waals surface area (Å²) in [5, 5.41) is 10.5. The van der Waals surface area contributed by atoms with Crippen LogP contribution in [0.4, 0.5) is 5.00 Å². The van der Waals surface area contributed by atoms with Crippen LogP contribution in [-0.4, -0.2) is 51.4 Å². The first-order valence-electron chi connectivity index (χ1n) is 9.74. The largest absolute Gasteiger partial charge is 0.381 e.